The summed E-state index contributed by atoms with van der Waals surface area (Å²) in [5.74, 6) is 0.756. The lowest BCUT2D eigenvalue weighted by Crippen LogP contribution is -2.32. The van der Waals surface area contributed by atoms with Gasteiger partial charge in [0.05, 0.1) is 10.0 Å². The van der Waals surface area contributed by atoms with Crippen molar-refractivity contribution < 1.29 is 4.84 Å². The van der Waals surface area contributed by atoms with E-state index >= 15 is 0 Å². The molecule has 0 aliphatic carbocycles. The summed E-state index contributed by atoms with van der Waals surface area (Å²) in [5, 5.41) is 3.07. The van der Waals surface area contributed by atoms with E-state index in [4.69, 9.17) is 28.0 Å². The molecule has 2 rings (SSSR count). The van der Waals surface area contributed by atoms with Crippen LogP contribution in [0.25, 0.3) is 0 Å². The van der Waals surface area contributed by atoms with Gasteiger partial charge in [-0.2, -0.15) is 0 Å². The van der Waals surface area contributed by atoms with E-state index in [1.165, 1.54) is 19.3 Å². The first-order valence-electron chi connectivity index (χ1n) is 5.14. The first-order chi connectivity index (χ1) is 7.25. The Morgan fingerprint density at radius 2 is 1.73 bits per heavy atom. The molecule has 1 fully saturated rings. The Morgan fingerprint density at radius 1 is 1.00 bits per heavy atom. The molecule has 0 amide bonds. The minimum absolute atomic E-state index is 0.533. The number of rotatable bonds is 2. The number of nitrogens with zero attached hydrogens (tertiary/aromatic N) is 1. The first-order valence-corrected chi connectivity index (χ1v) is 5.89. The van der Waals surface area contributed by atoms with Crippen molar-refractivity contribution in [3.05, 3.63) is 28.2 Å². The van der Waals surface area contributed by atoms with E-state index in [0.717, 1.165) is 18.8 Å². The summed E-state index contributed by atoms with van der Waals surface area (Å²) < 4.78 is 0. The van der Waals surface area contributed by atoms with Crippen LogP contribution in [0.5, 0.6) is 5.75 Å². The van der Waals surface area contributed by atoms with E-state index < -0.39 is 0 Å². The molecule has 0 atom stereocenters. The maximum Gasteiger partial charge on any atom is 0.149 e. The summed E-state index contributed by atoms with van der Waals surface area (Å²) in [7, 11) is 0. The van der Waals surface area contributed by atoms with Crippen molar-refractivity contribution in [1.82, 2.24) is 5.06 Å². The minimum Gasteiger partial charge on any atom is -0.406 e. The maximum atomic E-state index is 5.90. The summed E-state index contributed by atoms with van der Waals surface area (Å²) in [6.07, 6.45) is 3.68. The molecule has 0 aromatic heterocycles. The van der Waals surface area contributed by atoms with Crippen LogP contribution in [0, 0.1) is 0 Å². The summed E-state index contributed by atoms with van der Waals surface area (Å²) in [4.78, 5) is 5.68. The molecule has 0 radical (unpaired) electrons. The maximum absolute atomic E-state index is 5.90. The molecule has 0 bridgehead atoms. The third-order valence-corrected chi connectivity index (χ3v) is 3.18. The van der Waals surface area contributed by atoms with Crippen molar-refractivity contribution in [3.63, 3.8) is 0 Å². The van der Waals surface area contributed by atoms with Crippen LogP contribution in [-0.2, 0) is 0 Å². The quantitative estimate of drug-likeness (QED) is 0.787. The molecule has 1 aliphatic rings. The summed E-state index contributed by atoms with van der Waals surface area (Å²) >= 11 is 11.7. The van der Waals surface area contributed by atoms with Crippen LogP contribution in [0.4, 0.5) is 0 Å². The third-order valence-electron chi connectivity index (χ3n) is 2.44. The number of piperidine rings is 1. The lowest BCUT2D eigenvalue weighted by molar-refractivity contribution is -0.0719. The fourth-order valence-electron chi connectivity index (χ4n) is 1.64. The van der Waals surface area contributed by atoms with Gasteiger partial charge in [0.25, 0.3) is 0 Å². The molecule has 0 spiro atoms. The highest BCUT2D eigenvalue weighted by Gasteiger charge is 2.12. The van der Waals surface area contributed by atoms with E-state index in [2.05, 4.69) is 0 Å². The number of hydrogen-bond donors (Lipinski definition) is 0. The second kappa shape index (κ2) is 5.06. The van der Waals surface area contributed by atoms with E-state index in [1.807, 2.05) is 11.1 Å². The average molecular weight is 246 g/mol. The van der Waals surface area contributed by atoms with Gasteiger partial charge in [-0.05, 0) is 25.0 Å². The van der Waals surface area contributed by atoms with E-state index in [-0.39, 0.29) is 0 Å². The third kappa shape index (κ3) is 3.00. The number of benzene rings is 1. The van der Waals surface area contributed by atoms with Gasteiger partial charge < -0.3 is 4.84 Å². The van der Waals surface area contributed by atoms with Crippen LogP contribution in [0.3, 0.4) is 0 Å². The van der Waals surface area contributed by atoms with Gasteiger partial charge in [-0.15, -0.1) is 5.06 Å². The Bertz CT molecular complexity index is 337. The van der Waals surface area contributed by atoms with Gasteiger partial charge in [0.2, 0.25) is 0 Å². The molecule has 1 heterocycles. The second-order valence-corrected chi connectivity index (χ2v) is 4.47. The Hall–Kier alpha value is -0.440. The predicted octanol–water partition coefficient (Wildman–Crippen LogP) is 3.77. The SMILES string of the molecule is Clc1ccc(ON2CCCCC2)cc1Cl. The van der Waals surface area contributed by atoms with Crippen LogP contribution in [0.15, 0.2) is 18.2 Å². The molecule has 2 nitrogen and oxygen atoms in total. The van der Waals surface area contributed by atoms with Crippen molar-refractivity contribution >= 4 is 23.2 Å². The Labute approximate surface area is 99.7 Å². The van der Waals surface area contributed by atoms with Crippen LogP contribution in [-0.4, -0.2) is 18.2 Å². The average Bonchev–Trinajstić information content (AvgIpc) is 2.25. The van der Waals surface area contributed by atoms with Gasteiger partial charge in [-0.3, -0.25) is 0 Å². The monoisotopic (exact) mass is 245 g/mol. The second-order valence-electron chi connectivity index (χ2n) is 3.66. The van der Waals surface area contributed by atoms with Crippen LogP contribution in [0.2, 0.25) is 10.0 Å². The summed E-state index contributed by atoms with van der Waals surface area (Å²) in [6, 6.07) is 5.34. The number of hydrogen-bond acceptors (Lipinski definition) is 2. The Kier molecular flexibility index (Phi) is 3.73. The van der Waals surface area contributed by atoms with E-state index in [9.17, 15) is 0 Å². The van der Waals surface area contributed by atoms with Crippen LogP contribution in [0.1, 0.15) is 19.3 Å². The highest BCUT2D eigenvalue weighted by molar-refractivity contribution is 6.42. The lowest BCUT2D eigenvalue weighted by atomic mass is 10.2. The molecule has 1 saturated heterocycles. The molecule has 0 unspecified atom stereocenters. The van der Waals surface area contributed by atoms with Crippen molar-refractivity contribution in [2.24, 2.45) is 0 Å². The molecular weight excluding hydrogens is 233 g/mol. The van der Waals surface area contributed by atoms with Gasteiger partial charge in [0, 0.05) is 19.2 Å². The number of halogens is 2. The van der Waals surface area contributed by atoms with Crippen molar-refractivity contribution in [1.29, 1.82) is 0 Å². The largest absolute Gasteiger partial charge is 0.406 e. The van der Waals surface area contributed by atoms with Gasteiger partial charge in [0.15, 0.2) is 0 Å². The molecule has 15 heavy (non-hydrogen) atoms. The Balaban J connectivity index is 2.00. The van der Waals surface area contributed by atoms with Crippen molar-refractivity contribution in [3.8, 4) is 5.75 Å². The standard InChI is InChI=1S/C11H13Cl2NO/c12-10-5-4-9(8-11(10)13)15-14-6-2-1-3-7-14/h4-5,8H,1-3,6-7H2. The molecule has 4 heteroatoms. The van der Waals surface area contributed by atoms with E-state index in [0.29, 0.717) is 10.0 Å². The molecule has 1 aromatic rings. The number of hydroxylamine groups is 2. The van der Waals surface area contributed by atoms with Gasteiger partial charge in [-0.25, -0.2) is 0 Å². The first kappa shape index (κ1) is 11.1. The van der Waals surface area contributed by atoms with Crippen molar-refractivity contribution in [2.75, 3.05) is 13.1 Å². The highest BCUT2D eigenvalue weighted by atomic mass is 35.5. The van der Waals surface area contributed by atoms with Crippen LogP contribution < -0.4 is 4.84 Å². The fourth-order valence-corrected chi connectivity index (χ4v) is 1.93. The molecule has 1 aromatic carbocycles. The van der Waals surface area contributed by atoms with Gasteiger partial charge >= 0.3 is 0 Å². The van der Waals surface area contributed by atoms with Crippen molar-refractivity contribution in [2.45, 2.75) is 19.3 Å². The summed E-state index contributed by atoms with van der Waals surface area (Å²) in [6.45, 7) is 1.97. The van der Waals surface area contributed by atoms with Crippen LogP contribution >= 0.6 is 23.2 Å². The zero-order valence-corrected chi connectivity index (χ0v) is 9.89. The molecule has 82 valence electrons. The smallest absolute Gasteiger partial charge is 0.149 e. The summed E-state index contributed by atoms with van der Waals surface area (Å²) in [5.41, 5.74) is 0. The normalized spacial score (nSPS) is 17.7. The molecule has 0 N–H and O–H groups in total. The Morgan fingerprint density at radius 3 is 2.40 bits per heavy atom. The predicted molar refractivity (Wildman–Crippen MR) is 62.5 cm³/mol. The lowest BCUT2D eigenvalue weighted by Gasteiger charge is -2.26. The topological polar surface area (TPSA) is 12.5 Å². The molecule has 1 aliphatic heterocycles. The zero-order chi connectivity index (χ0) is 10.7. The van der Waals surface area contributed by atoms with Gasteiger partial charge in [-0.1, -0.05) is 29.6 Å². The minimum atomic E-state index is 0.533. The molecule has 0 saturated carbocycles. The molecular formula is C11H13Cl2NO. The highest BCUT2D eigenvalue weighted by Crippen LogP contribution is 2.27. The fraction of sp³-hybridized carbons (Fsp3) is 0.455. The van der Waals surface area contributed by atoms with E-state index in [1.54, 1.807) is 12.1 Å². The van der Waals surface area contributed by atoms with Gasteiger partial charge in [0.1, 0.15) is 5.75 Å². The zero-order valence-electron chi connectivity index (χ0n) is 8.38.